The zero-order valence-electron chi connectivity index (χ0n) is 11.1. The van der Waals surface area contributed by atoms with Crippen molar-refractivity contribution < 1.29 is 9.90 Å². The Labute approximate surface area is 113 Å². The monoisotopic (exact) mass is 252 g/mol. The van der Waals surface area contributed by atoms with Gasteiger partial charge >= 0.3 is 5.97 Å². The largest absolute Gasteiger partial charge is 0.478 e. The molecule has 2 nitrogen and oxygen atoms in total. The van der Waals surface area contributed by atoms with Gasteiger partial charge in [-0.3, -0.25) is 0 Å². The summed E-state index contributed by atoms with van der Waals surface area (Å²) in [6.45, 7) is 3.88. The highest BCUT2D eigenvalue weighted by Crippen LogP contribution is 2.26. The van der Waals surface area contributed by atoms with Crippen LogP contribution >= 0.6 is 0 Å². The van der Waals surface area contributed by atoms with Gasteiger partial charge in [0.05, 0.1) is 0 Å². The fourth-order valence-electron chi connectivity index (χ4n) is 2.10. The van der Waals surface area contributed by atoms with Gasteiger partial charge in [-0.2, -0.15) is 0 Å². The van der Waals surface area contributed by atoms with Crippen LogP contribution in [0.3, 0.4) is 0 Å². The molecule has 0 radical (unpaired) electrons. The Morgan fingerprint density at radius 2 is 1.84 bits per heavy atom. The zero-order chi connectivity index (χ0) is 13.8. The van der Waals surface area contributed by atoms with E-state index in [2.05, 4.69) is 19.1 Å². The second kappa shape index (κ2) is 5.53. The molecule has 0 bridgehead atoms. The number of rotatable bonds is 3. The molecule has 0 aliphatic rings. The summed E-state index contributed by atoms with van der Waals surface area (Å²) in [5.41, 5.74) is 5.17. The molecule has 1 N–H and O–H groups in total. The molecule has 0 saturated heterocycles. The maximum Gasteiger partial charge on any atom is 0.328 e. The van der Waals surface area contributed by atoms with Crippen LogP contribution < -0.4 is 0 Å². The highest BCUT2D eigenvalue weighted by molar-refractivity contribution is 5.90. The second-order valence-corrected chi connectivity index (χ2v) is 4.56. The Bertz CT molecular complexity index is 639. The van der Waals surface area contributed by atoms with Gasteiger partial charge in [0.2, 0.25) is 0 Å². The number of carboxylic acid groups (broad SMARTS) is 1. The van der Waals surface area contributed by atoms with Crippen LogP contribution in [-0.2, 0) is 4.79 Å². The third-order valence-electron chi connectivity index (χ3n) is 3.11. The fraction of sp³-hybridized carbons (Fsp3) is 0.118. The minimum atomic E-state index is -0.918. The average molecular weight is 252 g/mol. The molecule has 0 spiro atoms. The molecule has 0 atom stereocenters. The number of allylic oxidation sites excluding steroid dienone is 1. The molecule has 0 fully saturated rings. The lowest BCUT2D eigenvalue weighted by molar-refractivity contribution is -0.131. The quantitative estimate of drug-likeness (QED) is 0.833. The van der Waals surface area contributed by atoms with Crippen LogP contribution in [0, 0.1) is 6.92 Å². The van der Waals surface area contributed by atoms with E-state index in [0.717, 1.165) is 16.7 Å². The molecule has 19 heavy (non-hydrogen) atoms. The van der Waals surface area contributed by atoms with Crippen molar-refractivity contribution in [1.82, 2.24) is 0 Å². The molecule has 2 aromatic carbocycles. The highest BCUT2D eigenvalue weighted by Gasteiger charge is 2.04. The summed E-state index contributed by atoms with van der Waals surface area (Å²) < 4.78 is 0. The van der Waals surface area contributed by atoms with Crippen LogP contribution in [-0.4, -0.2) is 11.1 Å². The van der Waals surface area contributed by atoms with Crippen LogP contribution in [0.5, 0.6) is 0 Å². The van der Waals surface area contributed by atoms with E-state index in [-0.39, 0.29) is 0 Å². The molecule has 0 heterocycles. The van der Waals surface area contributed by atoms with E-state index >= 15 is 0 Å². The summed E-state index contributed by atoms with van der Waals surface area (Å²) in [6, 6.07) is 16.1. The highest BCUT2D eigenvalue weighted by atomic mass is 16.4. The van der Waals surface area contributed by atoms with Gasteiger partial charge in [0, 0.05) is 6.08 Å². The number of aliphatic carboxylic acids is 1. The number of hydrogen-bond acceptors (Lipinski definition) is 1. The molecule has 0 unspecified atom stereocenters. The van der Waals surface area contributed by atoms with Gasteiger partial charge in [0.25, 0.3) is 0 Å². The van der Waals surface area contributed by atoms with Crippen LogP contribution in [0.1, 0.15) is 18.1 Å². The van der Waals surface area contributed by atoms with Crippen molar-refractivity contribution in [2.75, 3.05) is 0 Å². The summed E-state index contributed by atoms with van der Waals surface area (Å²) in [4.78, 5) is 10.7. The Morgan fingerprint density at radius 1 is 1.11 bits per heavy atom. The van der Waals surface area contributed by atoms with E-state index in [9.17, 15) is 4.79 Å². The van der Waals surface area contributed by atoms with Gasteiger partial charge in [-0.1, -0.05) is 42.5 Å². The Morgan fingerprint density at radius 3 is 2.53 bits per heavy atom. The molecule has 2 rings (SSSR count). The summed E-state index contributed by atoms with van der Waals surface area (Å²) in [7, 11) is 0. The van der Waals surface area contributed by atoms with E-state index in [4.69, 9.17) is 5.11 Å². The Balaban J connectivity index is 2.46. The van der Waals surface area contributed by atoms with Crippen molar-refractivity contribution in [1.29, 1.82) is 0 Å². The van der Waals surface area contributed by atoms with Crippen molar-refractivity contribution in [2.45, 2.75) is 13.8 Å². The van der Waals surface area contributed by atoms with Crippen LogP contribution in [0.15, 0.2) is 54.6 Å². The standard InChI is InChI=1S/C17H16O2/c1-12-6-3-4-9-16(12)15-8-5-7-14(11-15)13(2)10-17(18)19/h3-11H,1-2H3,(H,18,19)/b13-10+. The van der Waals surface area contributed by atoms with Gasteiger partial charge in [0.15, 0.2) is 0 Å². The molecule has 0 amide bonds. The molecule has 0 aromatic heterocycles. The minimum Gasteiger partial charge on any atom is -0.478 e. The first-order valence-corrected chi connectivity index (χ1v) is 6.15. The van der Waals surface area contributed by atoms with E-state index in [1.807, 2.05) is 43.3 Å². The molecule has 0 saturated carbocycles. The van der Waals surface area contributed by atoms with E-state index < -0.39 is 5.97 Å². The number of hydrogen-bond donors (Lipinski definition) is 1. The Hall–Kier alpha value is -2.35. The number of benzene rings is 2. The summed E-state index contributed by atoms with van der Waals surface area (Å²) in [5, 5.41) is 8.80. The third kappa shape index (κ3) is 3.10. The fourth-order valence-corrected chi connectivity index (χ4v) is 2.10. The maximum atomic E-state index is 10.7. The van der Waals surface area contributed by atoms with Crippen molar-refractivity contribution >= 4 is 11.5 Å². The lowest BCUT2D eigenvalue weighted by atomic mass is 9.97. The first-order chi connectivity index (χ1) is 9.08. The number of carboxylic acids is 1. The zero-order valence-corrected chi connectivity index (χ0v) is 11.1. The lowest BCUT2D eigenvalue weighted by Crippen LogP contribution is -1.91. The predicted molar refractivity (Wildman–Crippen MR) is 77.9 cm³/mol. The molecular weight excluding hydrogens is 236 g/mol. The molecule has 2 heteroatoms. The second-order valence-electron chi connectivity index (χ2n) is 4.56. The Kier molecular flexibility index (Phi) is 3.81. The third-order valence-corrected chi connectivity index (χ3v) is 3.11. The number of aryl methyl sites for hydroxylation is 1. The van der Waals surface area contributed by atoms with Gasteiger partial charge in [-0.15, -0.1) is 0 Å². The van der Waals surface area contributed by atoms with Crippen LogP contribution in [0.25, 0.3) is 16.7 Å². The van der Waals surface area contributed by atoms with Gasteiger partial charge in [-0.25, -0.2) is 4.79 Å². The van der Waals surface area contributed by atoms with Crippen molar-refractivity contribution in [3.63, 3.8) is 0 Å². The average Bonchev–Trinajstić information content (AvgIpc) is 2.38. The first kappa shape index (κ1) is 13.1. The minimum absolute atomic E-state index is 0.753. The van der Waals surface area contributed by atoms with Gasteiger partial charge in [-0.05, 0) is 47.7 Å². The lowest BCUT2D eigenvalue weighted by Gasteiger charge is -2.08. The van der Waals surface area contributed by atoms with E-state index in [1.165, 1.54) is 17.2 Å². The van der Waals surface area contributed by atoms with E-state index in [0.29, 0.717) is 0 Å². The SMILES string of the molecule is C/C(=C\C(=O)O)c1cccc(-c2ccccc2C)c1. The first-order valence-electron chi connectivity index (χ1n) is 6.15. The van der Waals surface area contributed by atoms with Gasteiger partial charge in [0.1, 0.15) is 0 Å². The van der Waals surface area contributed by atoms with E-state index in [1.54, 1.807) is 0 Å². The van der Waals surface area contributed by atoms with Gasteiger partial charge < -0.3 is 5.11 Å². The summed E-state index contributed by atoms with van der Waals surface area (Å²) in [5.74, 6) is -0.918. The molecular formula is C17H16O2. The summed E-state index contributed by atoms with van der Waals surface area (Å²) >= 11 is 0. The number of carbonyl (C=O) groups is 1. The predicted octanol–water partition coefficient (Wildman–Crippen LogP) is 4.15. The smallest absolute Gasteiger partial charge is 0.328 e. The molecule has 0 aliphatic heterocycles. The molecule has 0 aliphatic carbocycles. The normalized spacial score (nSPS) is 11.4. The van der Waals surface area contributed by atoms with Crippen molar-refractivity contribution in [3.05, 3.63) is 65.7 Å². The maximum absolute atomic E-state index is 10.7. The van der Waals surface area contributed by atoms with Crippen LogP contribution in [0.4, 0.5) is 0 Å². The summed E-state index contributed by atoms with van der Waals surface area (Å²) in [6.07, 6.45) is 1.23. The van der Waals surface area contributed by atoms with Crippen molar-refractivity contribution in [2.24, 2.45) is 0 Å². The topological polar surface area (TPSA) is 37.3 Å². The van der Waals surface area contributed by atoms with Crippen molar-refractivity contribution in [3.8, 4) is 11.1 Å². The van der Waals surface area contributed by atoms with Crippen LogP contribution in [0.2, 0.25) is 0 Å². The molecule has 96 valence electrons. The molecule has 2 aromatic rings.